The van der Waals surface area contributed by atoms with Crippen LogP contribution in [0, 0.1) is 12.7 Å². The number of nitrogens with zero attached hydrogens (tertiary/aromatic N) is 4. The fourth-order valence-electron chi connectivity index (χ4n) is 3.32. The van der Waals surface area contributed by atoms with Crippen LogP contribution in [0.2, 0.25) is 0 Å². The molecule has 3 heterocycles. The standard InChI is InChI=1S/C23H26FN7O2/c1-16-14-22(30-29-16)28-21-15-19(23(32)25-8-9-31-10-12-33-13-11-31)26-20(27-21)7-4-17-2-5-18(24)6-3-17/h2-7,14-15H,8-13H2,1H3,(H,25,32)(H2,26,27,28,29,30). The molecule has 10 heteroatoms. The molecule has 0 aliphatic carbocycles. The van der Waals surface area contributed by atoms with E-state index < -0.39 is 0 Å². The molecule has 1 saturated heterocycles. The molecule has 0 atom stereocenters. The number of aryl methyl sites for hydroxylation is 1. The Kier molecular flexibility index (Phi) is 7.38. The molecule has 0 spiro atoms. The first-order chi connectivity index (χ1) is 16.0. The number of carbonyl (C=O) groups excluding carboxylic acids is 1. The number of benzene rings is 1. The topological polar surface area (TPSA) is 108 Å². The highest BCUT2D eigenvalue weighted by molar-refractivity contribution is 5.93. The summed E-state index contributed by atoms with van der Waals surface area (Å²) < 4.78 is 18.5. The highest BCUT2D eigenvalue weighted by Crippen LogP contribution is 2.16. The van der Waals surface area contributed by atoms with Gasteiger partial charge in [0.2, 0.25) is 0 Å². The lowest BCUT2D eigenvalue weighted by Gasteiger charge is -2.26. The van der Waals surface area contributed by atoms with E-state index in [2.05, 4.69) is 35.7 Å². The highest BCUT2D eigenvalue weighted by atomic mass is 19.1. The van der Waals surface area contributed by atoms with Gasteiger partial charge in [-0.3, -0.25) is 14.8 Å². The lowest BCUT2D eigenvalue weighted by atomic mass is 10.2. The van der Waals surface area contributed by atoms with E-state index in [0.29, 0.717) is 37.2 Å². The molecule has 9 nitrogen and oxygen atoms in total. The summed E-state index contributed by atoms with van der Waals surface area (Å²) in [6.45, 7) is 6.29. The third-order valence-corrected chi connectivity index (χ3v) is 5.05. The highest BCUT2D eigenvalue weighted by Gasteiger charge is 2.14. The van der Waals surface area contributed by atoms with Gasteiger partial charge in [-0.15, -0.1) is 0 Å². The monoisotopic (exact) mass is 451 g/mol. The summed E-state index contributed by atoms with van der Waals surface area (Å²) in [6.07, 6.45) is 3.44. The van der Waals surface area contributed by atoms with Gasteiger partial charge in [-0.25, -0.2) is 14.4 Å². The van der Waals surface area contributed by atoms with Crippen molar-refractivity contribution in [3.8, 4) is 0 Å². The van der Waals surface area contributed by atoms with Crippen LogP contribution in [0.4, 0.5) is 16.0 Å². The lowest BCUT2D eigenvalue weighted by Crippen LogP contribution is -2.41. The Hall–Kier alpha value is -3.63. The van der Waals surface area contributed by atoms with Gasteiger partial charge >= 0.3 is 0 Å². The third-order valence-electron chi connectivity index (χ3n) is 5.05. The number of anilines is 2. The number of hydrogen-bond donors (Lipinski definition) is 3. The number of amides is 1. The van der Waals surface area contributed by atoms with Gasteiger partial charge in [-0.2, -0.15) is 5.10 Å². The molecule has 4 rings (SSSR count). The Morgan fingerprint density at radius 1 is 1.15 bits per heavy atom. The maximum Gasteiger partial charge on any atom is 0.270 e. The molecule has 3 aromatic rings. The van der Waals surface area contributed by atoms with E-state index in [9.17, 15) is 9.18 Å². The van der Waals surface area contributed by atoms with Gasteiger partial charge in [-0.1, -0.05) is 18.2 Å². The van der Waals surface area contributed by atoms with Crippen molar-refractivity contribution < 1.29 is 13.9 Å². The molecule has 0 radical (unpaired) electrons. The Bertz CT molecular complexity index is 1110. The molecule has 1 fully saturated rings. The van der Waals surface area contributed by atoms with Crippen molar-refractivity contribution in [2.75, 3.05) is 44.7 Å². The number of halogens is 1. The van der Waals surface area contributed by atoms with E-state index in [1.807, 2.05) is 13.0 Å². The van der Waals surface area contributed by atoms with Crippen LogP contribution in [0.25, 0.3) is 12.2 Å². The summed E-state index contributed by atoms with van der Waals surface area (Å²) in [5, 5.41) is 13.0. The predicted molar refractivity (Wildman–Crippen MR) is 124 cm³/mol. The van der Waals surface area contributed by atoms with Gasteiger partial charge in [0.15, 0.2) is 11.6 Å². The van der Waals surface area contributed by atoms with Crippen molar-refractivity contribution >= 4 is 29.7 Å². The second kappa shape index (κ2) is 10.8. The second-order valence-electron chi connectivity index (χ2n) is 7.65. The second-order valence-corrected chi connectivity index (χ2v) is 7.65. The first-order valence-corrected chi connectivity index (χ1v) is 10.8. The molecule has 33 heavy (non-hydrogen) atoms. The Morgan fingerprint density at radius 2 is 1.94 bits per heavy atom. The average molecular weight is 452 g/mol. The van der Waals surface area contributed by atoms with Crippen LogP contribution in [0.5, 0.6) is 0 Å². The zero-order chi connectivity index (χ0) is 23.0. The summed E-state index contributed by atoms with van der Waals surface area (Å²) >= 11 is 0. The summed E-state index contributed by atoms with van der Waals surface area (Å²) in [6, 6.07) is 9.48. The van der Waals surface area contributed by atoms with Crippen LogP contribution in [0.3, 0.4) is 0 Å². The van der Waals surface area contributed by atoms with Crippen molar-refractivity contribution in [2.45, 2.75) is 6.92 Å². The minimum atomic E-state index is -0.306. The minimum absolute atomic E-state index is 0.237. The zero-order valence-electron chi connectivity index (χ0n) is 18.3. The first-order valence-electron chi connectivity index (χ1n) is 10.8. The van der Waals surface area contributed by atoms with E-state index >= 15 is 0 Å². The number of aromatic amines is 1. The van der Waals surface area contributed by atoms with Crippen molar-refractivity contribution in [3.63, 3.8) is 0 Å². The number of H-pyrrole nitrogens is 1. The van der Waals surface area contributed by atoms with E-state index in [-0.39, 0.29) is 17.4 Å². The summed E-state index contributed by atoms with van der Waals surface area (Å²) in [7, 11) is 0. The molecular formula is C23H26FN7O2. The van der Waals surface area contributed by atoms with Gasteiger partial charge in [0.05, 0.1) is 13.2 Å². The smallest absolute Gasteiger partial charge is 0.270 e. The van der Waals surface area contributed by atoms with Crippen LogP contribution in [0.15, 0.2) is 36.4 Å². The maximum atomic E-state index is 13.2. The summed E-state index contributed by atoms with van der Waals surface area (Å²) in [5.41, 5.74) is 1.92. The third kappa shape index (κ3) is 6.67. The van der Waals surface area contributed by atoms with Gasteiger partial charge in [0.25, 0.3) is 5.91 Å². The predicted octanol–water partition coefficient (Wildman–Crippen LogP) is 2.62. The summed E-state index contributed by atoms with van der Waals surface area (Å²) in [5.74, 6) is 0.769. The van der Waals surface area contributed by atoms with Crippen LogP contribution < -0.4 is 10.6 Å². The van der Waals surface area contributed by atoms with E-state index in [4.69, 9.17) is 4.74 Å². The fourth-order valence-corrected chi connectivity index (χ4v) is 3.32. The first kappa shape index (κ1) is 22.6. The van der Waals surface area contributed by atoms with Crippen LogP contribution in [-0.4, -0.2) is 70.4 Å². The average Bonchev–Trinajstić information content (AvgIpc) is 3.23. The molecule has 1 amide bonds. The molecule has 172 valence electrons. The fraction of sp³-hybridized carbons (Fsp3) is 0.304. The normalized spacial score (nSPS) is 14.5. The maximum absolute atomic E-state index is 13.2. The van der Waals surface area contributed by atoms with E-state index in [0.717, 1.165) is 30.9 Å². The number of carbonyl (C=O) groups is 1. The van der Waals surface area contributed by atoms with Crippen LogP contribution >= 0.6 is 0 Å². The molecule has 1 aliphatic rings. The zero-order valence-corrected chi connectivity index (χ0v) is 18.3. The van der Waals surface area contributed by atoms with Gasteiger partial charge in [0, 0.05) is 44.0 Å². The van der Waals surface area contributed by atoms with Crippen molar-refractivity contribution in [3.05, 3.63) is 65.0 Å². The molecule has 1 aromatic carbocycles. The number of ether oxygens (including phenoxy) is 1. The molecule has 2 aromatic heterocycles. The molecule has 0 saturated carbocycles. The number of hydrogen-bond acceptors (Lipinski definition) is 7. The van der Waals surface area contributed by atoms with Crippen molar-refractivity contribution in [1.29, 1.82) is 0 Å². The molecule has 0 bridgehead atoms. The lowest BCUT2D eigenvalue weighted by molar-refractivity contribution is 0.0383. The quantitative estimate of drug-likeness (QED) is 0.483. The Balaban J connectivity index is 1.49. The number of aromatic nitrogens is 4. The Labute approximate surface area is 191 Å². The number of morpholine rings is 1. The molecule has 0 unspecified atom stereocenters. The van der Waals surface area contributed by atoms with Gasteiger partial charge in [0.1, 0.15) is 17.3 Å². The van der Waals surface area contributed by atoms with E-state index in [1.165, 1.54) is 12.1 Å². The Morgan fingerprint density at radius 3 is 2.67 bits per heavy atom. The minimum Gasteiger partial charge on any atom is -0.379 e. The largest absolute Gasteiger partial charge is 0.379 e. The molecule has 1 aliphatic heterocycles. The number of nitrogens with one attached hydrogen (secondary N) is 3. The van der Waals surface area contributed by atoms with Gasteiger partial charge < -0.3 is 15.4 Å². The van der Waals surface area contributed by atoms with Crippen molar-refractivity contribution in [1.82, 2.24) is 30.4 Å². The number of rotatable bonds is 8. The van der Waals surface area contributed by atoms with E-state index in [1.54, 1.807) is 30.4 Å². The summed E-state index contributed by atoms with van der Waals surface area (Å²) in [4.78, 5) is 23.9. The molecule has 3 N–H and O–H groups in total. The van der Waals surface area contributed by atoms with Crippen LogP contribution in [0.1, 0.15) is 27.6 Å². The van der Waals surface area contributed by atoms with Crippen LogP contribution in [-0.2, 0) is 4.74 Å². The van der Waals surface area contributed by atoms with Crippen molar-refractivity contribution in [2.24, 2.45) is 0 Å². The molecular weight excluding hydrogens is 425 g/mol. The SMILES string of the molecule is Cc1cc(Nc2cc(C(=O)NCCN3CCOCC3)nc(C=Cc3ccc(F)cc3)n2)n[nH]1. The van der Waals surface area contributed by atoms with Gasteiger partial charge in [-0.05, 0) is 30.7 Å².